The SMILES string of the molecule is NNCC1CCC(CC(=O)O)CC1. The number of carbonyl (C=O) groups is 1. The van der Waals surface area contributed by atoms with Crippen molar-refractivity contribution in [2.75, 3.05) is 6.54 Å². The molecule has 1 fully saturated rings. The van der Waals surface area contributed by atoms with Crippen molar-refractivity contribution in [3.05, 3.63) is 0 Å². The second-order valence-corrected chi connectivity index (χ2v) is 3.89. The first kappa shape index (κ1) is 10.5. The van der Waals surface area contributed by atoms with Crippen molar-refractivity contribution >= 4 is 5.97 Å². The van der Waals surface area contributed by atoms with Crippen molar-refractivity contribution in [3.63, 3.8) is 0 Å². The number of hydrogen-bond acceptors (Lipinski definition) is 3. The van der Waals surface area contributed by atoms with Crippen LogP contribution < -0.4 is 11.3 Å². The van der Waals surface area contributed by atoms with Gasteiger partial charge in [0.25, 0.3) is 0 Å². The second kappa shape index (κ2) is 5.19. The summed E-state index contributed by atoms with van der Waals surface area (Å²) in [5.41, 5.74) is 2.68. The number of carboxylic acid groups (broad SMARTS) is 1. The fourth-order valence-corrected chi connectivity index (χ4v) is 2.05. The van der Waals surface area contributed by atoms with Gasteiger partial charge in [0.1, 0.15) is 0 Å². The predicted molar refractivity (Wildman–Crippen MR) is 49.9 cm³/mol. The largest absolute Gasteiger partial charge is 0.481 e. The molecule has 4 heteroatoms. The lowest BCUT2D eigenvalue weighted by Gasteiger charge is -2.27. The molecule has 0 unspecified atom stereocenters. The monoisotopic (exact) mass is 186 g/mol. The van der Waals surface area contributed by atoms with Gasteiger partial charge < -0.3 is 5.11 Å². The molecule has 0 aromatic carbocycles. The van der Waals surface area contributed by atoms with Gasteiger partial charge in [-0.3, -0.25) is 16.1 Å². The highest BCUT2D eigenvalue weighted by molar-refractivity contribution is 5.67. The number of rotatable bonds is 4. The average molecular weight is 186 g/mol. The van der Waals surface area contributed by atoms with Gasteiger partial charge in [-0.15, -0.1) is 0 Å². The maximum absolute atomic E-state index is 10.4. The first-order chi connectivity index (χ1) is 6.22. The van der Waals surface area contributed by atoms with Crippen LogP contribution in [0.2, 0.25) is 0 Å². The molecule has 1 aliphatic carbocycles. The van der Waals surface area contributed by atoms with Crippen molar-refractivity contribution in [2.24, 2.45) is 17.7 Å². The molecule has 4 N–H and O–H groups in total. The summed E-state index contributed by atoms with van der Waals surface area (Å²) in [4.78, 5) is 10.4. The van der Waals surface area contributed by atoms with Crippen LogP contribution in [0.3, 0.4) is 0 Å². The molecule has 0 heterocycles. The third-order valence-electron chi connectivity index (χ3n) is 2.84. The molecule has 1 saturated carbocycles. The van der Waals surface area contributed by atoms with Crippen LogP contribution in [0.5, 0.6) is 0 Å². The van der Waals surface area contributed by atoms with Crippen LogP contribution in [-0.4, -0.2) is 17.6 Å². The van der Waals surface area contributed by atoms with E-state index in [1.807, 2.05) is 0 Å². The van der Waals surface area contributed by atoms with Crippen molar-refractivity contribution in [1.29, 1.82) is 0 Å². The van der Waals surface area contributed by atoms with Crippen LogP contribution in [0.4, 0.5) is 0 Å². The van der Waals surface area contributed by atoms with Crippen molar-refractivity contribution in [1.82, 2.24) is 5.43 Å². The molecule has 0 aromatic heterocycles. The summed E-state index contributed by atoms with van der Waals surface area (Å²) in [7, 11) is 0. The highest BCUT2D eigenvalue weighted by Crippen LogP contribution is 2.30. The minimum atomic E-state index is -0.666. The fourth-order valence-electron chi connectivity index (χ4n) is 2.05. The normalized spacial score (nSPS) is 28.7. The van der Waals surface area contributed by atoms with Crippen molar-refractivity contribution in [2.45, 2.75) is 32.1 Å². The van der Waals surface area contributed by atoms with E-state index in [2.05, 4.69) is 5.43 Å². The highest BCUT2D eigenvalue weighted by atomic mass is 16.4. The molecule has 0 radical (unpaired) electrons. The molecule has 0 bridgehead atoms. The summed E-state index contributed by atoms with van der Waals surface area (Å²) in [5, 5.41) is 8.60. The number of hydrogen-bond donors (Lipinski definition) is 3. The number of nitrogens with two attached hydrogens (primary N) is 1. The smallest absolute Gasteiger partial charge is 0.303 e. The Hall–Kier alpha value is -0.610. The molecule has 76 valence electrons. The maximum atomic E-state index is 10.4. The quantitative estimate of drug-likeness (QED) is 0.447. The molecular formula is C9H18N2O2. The third-order valence-corrected chi connectivity index (χ3v) is 2.84. The lowest BCUT2D eigenvalue weighted by Crippen LogP contribution is -2.31. The zero-order valence-corrected chi connectivity index (χ0v) is 7.83. The molecule has 0 amide bonds. The third kappa shape index (κ3) is 3.74. The van der Waals surface area contributed by atoms with E-state index in [1.165, 1.54) is 0 Å². The van der Waals surface area contributed by atoms with Gasteiger partial charge in [0.2, 0.25) is 0 Å². The number of aliphatic carboxylic acids is 1. The van der Waals surface area contributed by atoms with Gasteiger partial charge in [-0.2, -0.15) is 0 Å². The standard InChI is InChI=1S/C9H18N2O2/c10-11-6-8-3-1-7(2-4-8)5-9(12)13/h7-8,11H,1-6,10H2,(H,12,13). The van der Waals surface area contributed by atoms with E-state index in [9.17, 15) is 4.79 Å². The Morgan fingerprint density at radius 3 is 2.31 bits per heavy atom. The summed E-state index contributed by atoms with van der Waals surface area (Å²) in [5.74, 6) is 5.61. The topological polar surface area (TPSA) is 75.3 Å². The fraction of sp³-hybridized carbons (Fsp3) is 0.889. The Balaban J connectivity index is 2.18. The van der Waals surface area contributed by atoms with Crippen LogP contribution >= 0.6 is 0 Å². The Morgan fingerprint density at radius 1 is 1.31 bits per heavy atom. The molecule has 0 spiro atoms. The van der Waals surface area contributed by atoms with Crippen molar-refractivity contribution in [3.8, 4) is 0 Å². The molecule has 0 aliphatic heterocycles. The van der Waals surface area contributed by atoms with Crippen LogP contribution in [0.15, 0.2) is 0 Å². The summed E-state index contributed by atoms with van der Waals surface area (Å²) in [6, 6.07) is 0. The summed E-state index contributed by atoms with van der Waals surface area (Å²) in [6.07, 6.45) is 4.64. The van der Waals surface area contributed by atoms with Gasteiger partial charge >= 0.3 is 5.97 Å². The number of carboxylic acids is 1. The van der Waals surface area contributed by atoms with E-state index >= 15 is 0 Å². The number of hydrazine groups is 1. The second-order valence-electron chi connectivity index (χ2n) is 3.89. The average Bonchev–Trinajstić information content (AvgIpc) is 2.08. The first-order valence-corrected chi connectivity index (χ1v) is 4.87. The van der Waals surface area contributed by atoms with Gasteiger partial charge in [-0.1, -0.05) is 0 Å². The zero-order valence-electron chi connectivity index (χ0n) is 7.83. The van der Waals surface area contributed by atoms with Gasteiger partial charge in [0.15, 0.2) is 0 Å². The van der Waals surface area contributed by atoms with Crippen LogP contribution in [0.1, 0.15) is 32.1 Å². The Labute approximate surface area is 78.5 Å². The van der Waals surface area contributed by atoms with E-state index in [0.717, 1.165) is 32.2 Å². The van der Waals surface area contributed by atoms with Gasteiger partial charge in [-0.05, 0) is 37.5 Å². The van der Waals surface area contributed by atoms with Crippen LogP contribution in [-0.2, 0) is 4.79 Å². The molecule has 0 aromatic rings. The summed E-state index contributed by atoms with van der Waals surface area (Å²) >= 11 is 0. The lowest BCUT2D eigenvalue weighted by atomic mass is 9.80. The Kier molecular flexibility index (Phi) is 4.18. The van der Waals surface area contributed by atoms with Crippen molar-refractivity contribution < 1.29 is 9.90 Å². The minimum absolute atomic E-state index is 0.336. The maximum Gasteiger partial charge on any atom is 0.303 e. The molecule has 0 saturated heterocycles. The van der Waals surface area contributed by atoms with E-state index < -0.39 is 5.97 Å². The van der Waals surface area contributed by atoms with Gasteiger partial charge in [0.05, 0.1) is 0 Å². The predicted octanol–water partition coefficient (Wildman–Crippen LogP) is 0.731. The van der Waals surface area contributed by atoms with E-state index in [-0.39, 0.29) is 0 Å². The van der Waals surface area contributed by atoms with Gasteiger partial charge in [-0.25, -0.2) is 0 Å². The lowest BCUT2D eigenvalue weighted by molar-refractivity contribution is -0.138. The van der Waals surface area contributed by atoms with Crippen LogP contribution in [0.25, 0.3) is 0 Å². The molecule has 1 rings (SSSR count). The van der Waals surface area contributed by atoms with Gasteiger partial charge in [0, 0.05) is 13.0 Å². The van der Waals surface area contributed by atoms with E-state index in [4.69, 9.17) is 10.9 Å². The van der Waals surface area contributed by atoms with E-state index in [0.29, 0.717) is 18.3 Å². The minimum Gasteiger partial charge on any atom is -0.481 e. The summed E-state index contributed by atoms with van der Waals surface area (Å²) in [6.45, 7) is 0.861. The Bertz CT molecular complexity index is 165. The molecule has 1 aliphatic rings. The molecule has 4 nitrogen and oxygen atoms in total. The first-order valence-electron chi connectivity index (χ1n) is 4.87. The summed E-state index contributed by atoms with van der Waals surface area (Å²) < 4.78 is 0. The molecular weight excluding hydrogens is 168 g/mol. The Morgan fingerprint density at radius 2 is 1.85 bits per heavy atom. The molecule has 0 atom stereocenters. The molecule has 13 heavy (non-hydrogen) atoms. The van der Waals surface area contributed by atoms with E-state index in [1.54, 1.807) is 0 Å². The van der Waals surface area contributed by atoms with Crippen LogP contribution in [0, 0.1) is 11.8 Å². The zero-order chi connectivity index (χ0) is 9.68. The highest BCUT2D eigenvalue weighted by Gasteiger charge is 2.22. The number of nitrogens with one attached hydrogen (secondary N) is 1.